The minimum atomic E-state index is -3.64. The van der Waals surface area contributed by atoms with E-state index in [0.717, 1.165) is 11.1 Å². The number of nitrogens with zero attached hydrogens (tertiary/aromatic N) is 5. The highest BCUT2D eigenvalue weighted by molar-refractivity contribution is 7.92. The average Bonchev–Trinajstić information content (AvgIpc) is 3.24. The van der Waals surface area contributed by atoms with Crippen LogP contribution < -0.4 is 4.72 Å². The minimum absolute atomic E-state index is 0.211. The number of pyridine rings is 1. The van der Waals surface area contributed by atoms with E-state index in [4.69, 9.17) is 0 Å². The Balaban J connectivity index is 1.45. The number of sulfonamides is 1. The summed E-state index contributed by atoms with van der Waals surface area (Å²) in [6.07, 6.45) is 3.38. The number of hydrogen-bond acceptors (Lipinski definition) is 6. The molecule has 0 aliphatic carbocycles. The average molecular weight is 428 g/mol. The van der Waals surface area contributed by atoms with Crippen LogP contribution in [0.2, 0.25) is 0 Å². The highest BCUT2D eigenvalue weighted by atomic mass is 32.2. The summed E-state index contributed by atoms with van der Waals surface area (Å²) in [6, 6.07) is 22.7. The lowest BCUT2D eigenvalue weighted by Gasteiger charge is -2.09. The molecular weight excluding hydrogens is 412 g/mol. The third-order valence-corrected chi connectivity index (χ3v) is 6.08. The van der Waals surface area contributed by atoms with Gasteiger partial charge in [0, 0.05) is 29.2 Å². The third kappa shape index (κ3) is 3.74. The lowest BCUT2D eigenvalue weighted by molar-refractivity contribution is 0.601. The molecule has 0 saturated carbocycles. The summed E-state index contributed by atoms with van der Waals surface area (Å²) in [5, 5.41) is 13.1. The van der Waals surface area contributed by atoms with E-state index in [1.54, 1.807) is 59.4 Å². The van der Waals surface area contributed by atoms with E-state index in [1.165, 1.54) is 0 Å². The second-order valence-corrected chi connectivity index (χ2v) is 8.43. The Hall–Kier alpha value is -4.11. The first-order valence-electron chi connectivity index (χ1n) is 9.41. The maximum atomic E-state index is 12.5. The summed E-state index contributed by atoms with van der Waals surface area (Å²) in [6.45, 7) is 0. The van der Waals surface area contributed by atoms with Gasteiger partial charge in [0.1, 0.15) is 0 Å². The summed E-state index contributed by atoms with van der Waals surface area (Å²) in [5.74, 6) is 0.617. The normalized spacial score (nSPS) is 11.5. The van der Waals surface area contributed by atoms with E-state index in [0.29, 0.717) is 22.9 Å². The molecule has 0 radical (unpaired) electrons. The van der Waals surface area contributed by atoms with Gasteiger partial charge in [0.05, 0.1) is 10.6 Å². The zero-order valence-electron chi connectivity index (χ0n) is 16.1. The molecule has 0 amide bonds. The van der Waals surface area contributed by atoms with Gasteiger partial charge in [-0.15, -0.1) is 10.2 Å². The van der Waals surface area contributed by atoms with Gasteiger partial charge in [-0.1, -0.05) is 30.3 Å². The van der Waals surface area contributed by atoms with E-state index < -0.39 is 10.0 Å². The first-order valence-corrected chi connectivity index (χ1v) is 10.9. The SMILES string of the molecule is O=S(=O)(Nc1ccc(-c2ccc3nnc(-c4ccncc4)n3n2)cc1)c1ccccc1. The number of aromatic nitrogens is 5. The Bertz CT molecular complexity index is 1450. The van der Waals surface area contributed by atoms with Crippen molar-refractivity contribution in [2.24, 2.45) is 0 Å². The second-order valence-electron chi connectivity index (χ2n) is 6.74. The van der Waals surface area contributed by atoms with Crippen molar-refractivity contribution in [3.63, 3.8) is 0 Å². The van der Waals surface area contributed by atoms with E-state index in [9.17, 15) is 8.42 Å². The second kappa shape index (κ2) is 7.62. The van der Waals surface area contributed by atoms with Gasteiger partial charge in [-0.2, -0.15) is 9.61 Å². The molecule has 152 valence electrons. The lowest BCUT2D eigenvalue weighted by Crippen LogP contribution is -2.12. The number of anilines is 1. The molecule has 2 aromatic carbocycles. The molecule has 3 aromatic heterocycles. The van der Waals surface area contributed by atoms with Crippen LogP contribution in [0.15, 0.2) is 96.2 Å². The first-order chi connectivity index (χ1) is 15.1. The highest BCUT2D eigenvalue weighted by Gasteiger charge is 2.14. The molecule has 0 bridgehead atoms. The van der Waals surface area contributed by atoms with E-state index in [1.807, 2.05) is 36.4 Å². The molecule has 0 aliphatic rings. The Morgan fingerprint density at radius 2 is 1.48 bits per heavy atom. The molecule has 0 unspecified atom stereocenters. The zero-order chi connectivity index (χ0) is 21.3. The molecule has 1 N–H and O–H groups in total. The van der Waals surface area contributed by atoms with Crippen molar-refractivity contribution in [1.82, 2.24) is 24.8 Å². The molecule has 31 heavy (non-hydrogen) atoms. The summed E-state index contributed by atoms with van der Waals surface area (Å²) >= 11 is 0. The molecule has 0 fully saturated rings. The topological polar surface area (TPSA) is 102 Å². The smallest absolute Gasteiger partial charge is 0.261 e. The number of hydrogen-bond donors (Lipinski definition) is 1. The van der Waals surface area contributed by atoms with Crippen LogP contribution in [-0.4, -0.2) is 33.2 Å². The van der Waals surface area contributed by atoms with Crippen LogP contribution >= 0.6 is 0 Å². The van der Waals surface area contributed by atoms with Crippen LogP contribution in [0.4, 0.5) is 5.69 Å². The van der Waals surface area contributed by atoms with Gasteiger partial charge in [-0.3, -0.25) is 9.71 Å². The van der Waals surface area contributed by atoms with Gasteiger partial charge in [0.15, 0.2) is 11.5 Å². The van der Waals surface area contributed by atoms with Crippen LogP contribution in [0.3, 0.4) is 0 Å². The summed E-state index contributed by atoms with van der Waals surface area (Å²) in [7, 11) is -3.64. The van der Waals surface area contributed by atoms with Gasteiger partial charge in [-0.25, -0.2) is 8.42 Å². The molecule has 9 heteroatoms. The van der Waals surface area contributed by atoms with Crippen molar-refractivity contribution >= 4 is 21.4 Å². The fourth-order valence-corrected chi connectivity index (χ4v) is 4.23. The van der Waals surface area contributed by atoms with Gasteiger partial charge >= 0.3 is 0 Å². The molecule has 8 nitrogen and oxygen atoms in total. The first kappa shape index (κ1) is 18.9. The Morgan fingerprint density at radius 1 is 0.742 bits per heavy atom. The maximum Gasteiger partial charge on any atom is 0.261 e. The molecule has 0 atom stereocenters. The molecule has 3 heterocycles. The van der Waals surface area contributed by atoms with Crippen molar-refractivity contribution in [3.8, 4) is 22.6 Å². The van der Waals surface area contributed by atoms with E-state index in [-0.39, 0.29) is 4.90 Å². The predicted octanol–water partition coefficient (Wildman–Crippen LogP) is 3.65. The zero-order valence-corrected chi connectivity index (χ0v) is 16.9. The summed E-state index contributed by atoms with van der Waals surface area (Å²) in [5.41, 5.74) is 3.50. The number of rotatable bonds is 5. The largest absolute Gasteiger partial charge is 0.280 e. The van der Waals surface area contributed by atoms with Gasteiger partial charge in [0.25, 0.3) is 10.0 Å². The summed E-state index contributed by atoms with van der Waals surface area (Å²) in [4.78, 5) is 4.24. The summed E-state index contributed by atoms with van der Waals surface area (Å²) < 4.78 is 29.3. The quantitative estimate of drug-likeness (QED) is 0.458. The monoisotopic (exact) mass is 428 g/mol. The van der Waals surface area contributed by atoms with Gasteiger partial charge < -0.3 is 0 Å². The molecule has 0 saturated heterocycles. The minimum Gasteiger partial charge on any atom is -0.280 e. The van der Waals surface area contributed by atoms with Crippen LogP contribution in [-0.2, 0) is 10.0 Å². The fourth-order valence-electron chi connectivity index (χ4n) is 3.15. The molecule has 0 aliphatic heterocycles. The Labute approximate surface area is 178 Å². The van der Waals surface area contributed by atoms with Crippen molar-refractivity contribution in [2.45, 2.75) is 4.90 Å². The van der Waals surface area contributed by atoms with Crippen LogP contribution in [0.25, 0.3) is 28.3 Å². The number of nitrogens with one attached hydrogen (secondary N) is 1. The van der Waals surface area contributed by atoms with Gasteiger partial charge in [0.2, 0.25) is 0 Å². The van der Waals surface area contributed by atoms with Gasteiger partial charge in [-0.05, 0) is 48.5 Å². The maximum absolute atomic E-state index is 12.5. The van der Waals surface area contributed by atoms with E-state index in [2.05, 4.69) is 25.0 Å². The predicted molar refractivity (Wildman–Crippen MR) is 117 cm³/mol. The Kier molecular flexibility index (Phi) is 4.64. The van der Waals surface area contributed by atoms with Crippen molar-refractivity contribution in [3.05, 3.63) is 91.3 Å². The molecular formula is C22H16N6O2S. The fraction of sp³-hybridized carbons (Fsp3) is 0. The Morgan fingerprint density at radius 3 is 2.23 bits per heavy atom. The molecule has 5 aromatic rings. The third-order valence-electron chi connectivity index (χ3n) is 4.69. The molecule has 0 spiro atoms. The van der Waals surface area contributed by atoms with Crippen LogP contribution in [0.1, 0.15) is 0 Å². The number of benzene rings is 2. The van der Waals surface area contributed by atoms with Crippen molar-refractivity contribution < 1.29 is 8.42 Å². The van der Waals surface area contributed by atoms with Crippen molar-refractivity contribution in [1.29, 1.82) is 0 Å². The highest BCUT2D eigenvalue weighted by Crippen LogP contribution is 2.23. The lowest BCUT2D eigenvalue weighted by atomic mass is 10.1. The number of fused-ring (bicyclic) bond motifs is 1. The van der Waals surface area contributed by atoms with Crippen LogP contribution in [0, 0.1) is 0 Å². The van der Waals surface area contributed by atoms with Crippen LogP contribution in [0.5, 0.6) is 0 Å². The standard InChI is InChI=1S/C22H16N6O2S/c29-31(30,19-4-2-1-3-5-19)27-18-8-6-16(7-9-18)20-10-11-21-24-25-22(28(21)26-20)17-12-14-23-15-13-17/h1-15,27H. The molecule has 5 rings (SSSR count). The van der Waals surface area contributed by atoms with E-state index >= 15 is 0 Å². The van der Waals surface area contributed by atoms with Crippen molar-refractivity contribution in [2.75, 3.05) is 4.72 Å².